The van der Waals surface area contributed by atoms with E-state index in [0.717, 1.165) is 29.7 Å². The molecule has 2 aromatic heterocycles. The molecule has 0 unspecified atom stereocenters. The van der Waals surface area contributed by atoms with Gasteiger partial charge in [-0.25, -0.2) is 15.0 Å². The summed E-state index contributed by atoms with van der Waals surface area (Å²) in [6.07, 6.45) is 3.48. The van der Waals surface area contributed by atoms with Crippen molar-refractivity contribution in [1.29, 1.82) is 0 Å². The molecule has 4 rings (SSSR count). The van der Waals surface area contributed by atoms with E-state index in [4.69, 9.17) is 0 Å². The van der Waals surface area contributed by atoms with Crippen LogP contribution >= 0.6 is 15.9 Å². The van der Waals surface area contributed by atoms with Crippen LogP contribution in [0.3, 0.4) is 0 Å². The number of nitrogens with zero attached hydrogens (tertiary/aromatic N) is 4. The van der Waals surface area contributed by atoms with Gasteiger partial charge in [-0.15, -0.1) is 0 Å². The Kier molecular flexibility index (Phi) is 3.80. The Morgan fingerprint density at radius 3 is 3.00 bits per heavy atom. The summed E-state index contributed by atoms with van der Waals surface area (Å²) in [7, 11) is 0. The first-order valence-corrected chi connectivity index (χ1v) is 8.67. The molecule has 122 valence electrons. The van der Waals surface area contributed by atoms with Gasteiger partial charge in [0.2, 0.25) is 0 Å². The van der Waals surface area contributed by atoms with E-state index in [-0.39, 0.29) is 11.9 Å². The molecule has 1 saturated heterocycles. The number of amides is 1. The van der Waals surface area contributed by atoms with Crippen molar-refractivity contribution < 1.29 is 4.79 Å². The lowest BCUT2D eigenvalue weighted by molar-refractivity contribution is 0.0723. The highest BCUT2D eigenvalue weighted by Crippen LogP contribution is 2.33. The van der Waals surface area contributed by atoms with Crippen LogP contribution in [0.1, 0.15) is 41.0 Å². The predicted octanol–water partition coefficient (Wildman–Crippen LogP) is 3.40. The Morgan fingerprint density at radius 2 is 2.17 bits per heavy atom. The second-order valence-corrected chi connectivity index (χ2v) is 6.76. The largest absolute Gasteiger partial charge is 0.340 e. The van der Waals surface area contributed by atoms with Crippen molar-refractivity contribution in [3.63, 3.8) is 0 Å². The van der Waals surface area contributed by atoms with Gasteiger partial charge in [-0.05, 0) is 47.8 Å². The van der Waals surface area contributed by atoms with Crippen LogP contribution in [0.2, 0.25) is 0 Å². The summed E-state index contributed by atoms with van der Waals surface area (Å²) in [6, 6.07) is 7.86. The summed E-state index contributed by atoms with van der Waals surface area (Å²) >= 11 is 3.39. The number of carbonyl (C=O) groups is 1. The fraction of sp³-hybridized carbons (Fsp3) is 0.294. The lowest BCUT2D eigenvalue weighted by Gasteiger charge is -2.23. The summed E-state index contributed by atoms with van der Waals surface area (Å²) in [6.45, 7) is 2.49. The van der Waals surface area contributed by atoms with E-state index in [2.05, 4.69) is 35.9 Å². The van der Waals surface area contributed by atoms with Gasteiger partial charge in [0.25, 0.3) is 5.91 Å². The summed E-state index contributed by atoms with van der Waals surface area (Å²) in [5.41, 5.74) is 2.32. The molecule has 1 fully saturated rings. The van der Waals surface area contributed by atoms with Crippen LogP contribution in [0.5, 0.6) is 0 Å². The number of rotatable bonds is 2. The molecule has 0 spiro atoms. The van der Waals surface area contributed by atoms with Crippen molar-refractivity contribution in [1.82, 2.24) is 24.8 Å². The van der Waals surface area contributed by atoms with Gasteiger partial charge in [0.15, 0.2) is 0 Å². The van der Waals surface area contributed by atoms with Gasteiger partial charge in [0.1, 0.15) is 17.3 Å². The summed E-state index contributed by atoms with van der Waals surface area (Å²) in [5.74, 6) is 1.33. The normalized spacial score (nSPS) is 17.6. The number of nitrogens with one attached hydrogen (secondary N) is 1. The molecule has 1 N–H and O–H groups in total. The number of benzene rings is 1. The van der Waals surface area contributed by atoms with Gasteiger partial charge >= 0.3 is 0 Å². The lowest BCUT2D eigenvalue weighted by Crippen LogP contribution is -2.32. The molecule has 1 atom stereocenters. The lowest BCUT2D eigenvalue weighted by atomic mass is 10.2. The van der Waals surface area contributed by atoms with E-state index < -0.39 is 0 Å². The van der Waals surface area contributed by atoms with E-state index in [1.54, 1.807) is 13.1 Å². The molecule has 3 aromatic rings. The molecule has 0 bridgehead atoms. The van der Waals surface area contributed by atoms with Gasteiger partial charge in [0, 0.05) is 12.7 Å². The first-order valence-electron chi connectivity index (χ1n) is 7.88. The van der Waals surface area contributed by atoms with Crippen molar-refractivity contribution in [2.45, 2.75) is 25.8 Å². The molecule has 3 heterocycles. The van der Waals surface area contributed by atoms with Crippen LogP contribution in [-0.4, -0.2) is 37.3 Å². The molecule has 1 aliphatic heterocycles. The molecular weight excluding hydrogens is 370 g/mol. The maximum atomic E-state index is 13.0. The number of aromatic nitrogens is 4. The van der Waals surface area contributed by atoms with Gasteiger partial charge in [0.05, 0.1) is 21.5 Å². The molecule has 1 aliphatic rings. The number of aromatic amines is 1. The molecule has 6 nitrogen and oxygen atoms in total. The van der Waals surface area contributed by atoms with Crippen molar-refractivity contribution >= 4 is 32.9 Å². The van der Waals surface area contributed by atoms with Gasteiger partial charge < -0.3 is 9.88 Å². The summed E-state index contributed by atoms with van der Waals surface area (Å²) in [5, 5.41) is 0. The molecule has 1 aromatic carbocycles. The zero-order valence-electron chi connectivity index (χ0n) is 13.2. The predicted molar refractivity (Wildman–Crippen MR) is 93.6 cm³/mol. The van der Waals surface area contributed by atoms with E-state index in [0.29, 0.717) is 22.5 Å². The number of imidazole rings is 1. The quantitative estimate of drug-likeness (QED) is 0.733. The fourth-order valence-electron chi connectivity index (χ4n) is 3.17. The number of para-hydroxylation sites is 2. The van der Waals surface area contributed by atoms with E-state index >= 15 is 0 Å². The maximum absolute atomic E-state index is 13.0. The highest BCUT2D eigenvalue weighted by molar-refractivity contribution is 9.10. The summed E-state index contributed by atoms with van der Waals surface area (Å²) < 4.78 is 0.619. The standard InChI is InChI=1S/C17H16BrN5O/c1-10-19-9-11(18)15(20-10)17(24)23-8-4-7-14(23)16-21-12-5-2-3-6-13(12)22-16/h2-3,5-6,9,14H,4,7-8H2,1H3,(H,21,22)/t14-/m1/s1. The number of halogens is 1. The maximum Gasteiger partial charge on any atom is 0.274 e. The van der Waals surface area contributed by atoms with Crippen LogP contribution in [0.15, 0.2) is 34.9 Å². The molecule has 24 heavy (non-hydrogen) atoms. The van der Waals surface area contributed by atoms with Crippen LogP contribution in [-0.2, 0) is 0 Å². The third-order valence-corrected chi connectivity index (χ3v) is 4.88. The molecular formula is C17H16BrN5O. The smallest absolute Gasteiger partial charge is 0.274 e. The highest BCUT2D eigenvalue weighted by Gasteiger charge is 2.34. The zero-order chi connectivity index (χ0) is 16.7. The highest BCUT2D eigenvalue weighted by atomic mass is 79.9. The number of hydrogen-bond donors (Lipinski definition) is 1. The van der Waals surface area contributed by atoms with Crippen LogP contribution in [0.25, 0.3) is 11.0 Å². The number of likely N-dealkylation sites (tertiary alicyclic amines) is 1. The molecule has 0 saturated carbocycles. The number of H-pyrrole nitrogens is 1. The molecule has 0 aliphatic carbocycles. The van der Waals surface area contributed by atoms with E-state index in [1.165, 1.54) is 0 Å². The first-order chi connectivity index (χ1) is 11.6. The Hall–Kier alpha value is -2.28. The number of hydrogen-bond acceptors (Lipinski definition) is 4. The Bertz CT molecular complexity index is 889. The Labute approximate surface area is 147 Å². The minimum Gasteiger partial charge on any atom is -0.340 e. The molecule has 1 amide bonds. The van der Waals surface area contributed by atoms with E-state index in [9.17, 15) is 4.79 Å². The first kappa shape index (κ1) is 15.3. The number of carbonyl (C=O) groups excluding carboxylic acids is 1. The van der Waals surface area contributed by atoms with E-state index in [1.807, 2.05) is 29.2 Å². The Morgan fingerprint density at radius 1 is 1.33 bits per heavy atom. The van der Waals surface area contributed by atoms with Gasteiger partial charge in [-0.2, -0.15) is 0 Å². The third kappa shape index (κ3) is 2.58. The summed E-state index contributed by atoms with van der Waals surface area (Å²) in [4.78, 5) is 31.3. The second-order valence-electron chi connectivity index (χ2n) is 5.91. The minimum absolute atomic E-state index is 0.0490. The average molecular weight is 386 g/mol. The van der Waals surface area contributed by atoms with Crippen LogP contribution < -0.4 is 0 Å². The van der Waals surface area contributed by atoms with Crippen LogP contribution in [0.4, 0.5) is 0 Å². The van der Waals surface area contributed by atoms with Crippen molar-refractivity contribution in [2.75, 3.05) is 6.54 Å². The van der Waals surface area contributed by atoms with Crippen molar-refractivity contribution in [3.8, 4) is 0 Å². The van der Waals surface area contributed by atoms with Gasteiger partial charge in [-0.1, -0.05) is 12.1 Å². The molecule has 7 heteroatoms. The number of aryl methyl sites for hydroxylation is 1. The number of fused-ring (bicyclic) bond motifs is 1. The monoisotopic (exact) mass is 385 g/mol. The minimum atomic E-state index is -0.0877. The van der Waals surface area contributed by atoms with Crippen molar-refractivity contribution in [3.05, 3.63) is 52.3 Å². The zero-order valence-corrected chi connectivity index (χ0v) is 14.7. The average Bonchev–Trinajstić information content (AvgIpc) is 3.22. The van der Waals surface area contributed by atoms with Crippen molar-refractivity contribution in [2.24, 2.45) is 0 Å². The topological polar surface area (TPSA) is 74.8 Å². The Balaban J connectivity index is 1.69. The SMILES string of the molecule is Cc1ncc(Br)c(C(=O)N2CCC[C@@H]2c2nc3ccccc3[nH]2)n1. The second kappa shape index (κ2) is 5.98. The fourth-order valence-corrected chi connectivity index (χ4v) is 3.53. The third-order valence-electron chi connectivity index (χ3n) is 4.30. The van der Waals surface area contributed by atoms with Gasteiger partial charge in [-0.3, -0.25) is 4.79 Å². The molecule has 0 radical (unpaired) electrons. The van der Waals surface area contributed by atoms with Crippen LogP contribution in [0, 0.1) is 6.92 Å².